The number of hydrogen-bond acceptors (Lipinski definition) is 2. The van der Waals surface area contributed by atoms with Gasteiger partial charge in [-0.15, -0.1) is 12.4 Å². The summed E-state index contributed by atoms with van der Waals surface area (Å²) in [5, 5.41) is 0. The van der Waals surface area contributed by atoms with E-state index in [4.69, 9.17) is 17.5 Å². The Morgan fingerprint density at radius 3 is 1.00 bits per heavy atom. The van der Waals surface area contributed by atoms with Crippen LogP contribution in [0.1, 0.15) is 0 Å². The van der Waals surface area contributed by atoms with Crippen LogP contribution in [0.5, 0.6) is 0 Å². The molecule has 0 atom stereocenters. The summed E-state index contributed by atoms with van der Waals surface area (Å²) >= 11 is 0. The molecular formula is H7ClMgNa2O4S. The Kier molecular flexibility index (Phi) is 44.6. The van der Waals surface area contributed by atoms with Gasteiger partial charge in [0.05, 0.1) is 0 Å². The van der Waals surface area contributed by atoms with Crippen LogP contribution in [0, 0.1) is 0 Å². The van der Waals surface area contributed by atoms with E-state index in [1.807, 2.05) is 0 Å². The summed E-state index contributed by atoms with van der Waals surface area (Å²) in [6, 6.07) is 0. The van der Waals surface area contributed by atoms with Crippen molar-refractivity contribution in [2.24, 2.45) is 0 Å². The van der Waals surface area contributed by atoms with E-state index in [9.17, 15) is 0 Å². The summed E-state index contributed by atoms with van der Waals surface area (Å²) in [7, 11) is -4.67. The molecule has 0 aliphatic heterocycles. The monoisotopic (exact) mass is 208 g/mol. The number of halogens is 1. The summed E-state index contributed by atoms with van der Waals surface area (Å²) in [5.41, 5.74) is 0. The Labute approximate surface area is 120 Å². The second-order valence-corrected chi connectivity index (χ2v) is 1.34. The predicted octanol–water partition coefficient (Wildman–Crippen LogP) is -2.44. The van der Waals surface area contributed by atoms with Gasteiger partial charge in [-0.1, -0.05) is 0 Å². The molecule has 0 rings (SSSR count). The van der Waals surface area contributed by atoms with Crippen LogP contribution in [0.15, 0.2) is 0 Å². The van der Waals surface area contributed by atoms with Crippen LogP contribution in [-0.2, 0) is 10.4 Å². The second-order valence-electron chi connectivity index (χ2n) is 0.448. The molecule has 0 saturated carbocycles. The zero-order chi connectivity index (χ0) is 4.50. The van der Waals surface area contributed by atoms with Crippen molar-refractivity contribution in [3.63, 3.8) is 0 Å². The fourth-order valence-corrected chi connectivity index (χ4v) is 0. The van der Waals surface area contributed by atoms with Crippen molar-refractivity contribution in [2.45, 2.75) is 0 Å². The van der Waals surface area contributed by atoms with Crippen LogP contribution in [0.2, 0.25) is 0 Å². The van der Waals surface area contributed by atoms with E-state index in [-0.39, 0.29) is 94.6 Å². The van der Waals surface area contributed by atoms with Gasteiger partial charge < -0.3 is 0 Å². The summed E-state index contributed by atoms with van der Waals surface area (Å²) < 4.78 is 31.6. The molecule has 0 aliphatic carbocycles. The molecule has 0 aromatic carbocycles. The molecule has 9 heteroatoms. The van der Waals surface area contributed by atoms with Gasteiger partial charge in [0.1, 0.15) is 0 Å². The fourth-order valence-electron chi connectivity index (χ4n) is 0. The van der Waals surface area contributed by atoms with Crippen LogP contribution in [-0.4, -0.2) is 99.7 Å². The van der Waals surface area contributed by atoms with Gasteiger partial charge in [-0.25, -0.2) is 0 Å². The van der Waals surface area contributed by atoms with Crippen molar-refractivity contribution in [2.75, 3.05) is 0 Å². The summed E-state index contributed by atoms with van der Waals surface area (Å²) in [6.07, 6.45) is 0. The quantitative estimate of drug-likeness (QED) is 0.343. The molecule has 2 N–H and O–H groups in total. The molecule has 48 valence electrons. The first-order valence-corrected chi connectivity index (χ1v) is 2.10. The van der Waals surface area contributed by atoms with Crippen molar-refractivity contribution in [3.8, 4) is 0 Å². The average molecular weight is 209 g/mol. The zero-order valence-electron chi connectivity index (χ0n) is 2.53. The van der Waals surface area contributed by atoms with Gasteiger partial charge in [-0.2, -0.15) is 8.42 Å². The van der Waals surface area contributed by atoms with Gasteiger partial charge in [-0.3, -0.25) is 9.11 Å². The molecule has 0 aromatic heterocycles. The molecule has 0 radical (unpaired) electrons. The number of hydrogen-bond donors (Lipinski definition) is 2. The van der Waals surface area contributed by atoms with E-state index >= 15 is 0 Å². The first kappa shape index (κ1) is 29.7. The predicted molar refractivity (Wildman–Crippen MR) is 44.3 cm³/mol. The van der Waals surface area contributed by atoms with E-state index in [2.05, 4.69) is 0 Å². The van der Waals surface area contributed by atoms with Crippen molar-refractivity contribution < 1.29 is 17.5 Å². The van der Waals surface area contributed by atoms with Crippen molar-refractivity contribution in [1.29, 1.82) is 0 Å². The second kappa shape index (κ2) is 13.5. The Balaban J connectivity index is -0.0000000133. The van der Waals surface area contributed by atoms with E-state index in [1.165, 1.54) is 0 Å². The average Bonchev–Trinajstić information content (AvgIpc) is 0.722. The molecule has 0 aliphatic rings. The number of rotatable bonds is 0. The first-order chi connectivity index (χ1) is 2.00. The SMILES string of the molecule is Cl.O=S(=O)(O)O.[MgH2].[NaH].[NaH]. The molecule has 0 saturated heterocycles. The maximum atomic E-state index is 8.74. The van der Waals surface area contributed by atoms with Gasteiger partial charge >= 0.3 is 92.6 Å². The topological polar surface area (TPSA) is 74.6 Å². The Bertz CT molecular complexity index is 102. The van der Waals surface area contributed by atoms with E-state index in [0.29, 0.717) is 0 Å². The van der Waals surface area contributed by atoms with Crippen LogP contribution in [0.4, 0.5) is 0 Å². The van der Waals surface area contributed by atoms with Gasteiger partial charge in [0.25, 0.3) is 0 Å². The van der Waals surface area contributed by atoms with E-state index in [0.717, 1.165) is 0 Å². The normalized spacial score (nSPS) is 6.44. The first-order valence-electron chi connectivity index (χ1n) is 0.698. The van der Waals surface area contributed by atoms with Crippen LogP contribution in [0.25, 0.3) is 0 Å². The van der Waals surface area contributed by atoms with Gasteiger partial charge in [0.2, 0.25) is 0 Å². The summed E-state index contributed by atoms with van der Waals surface area (Å²) in [4.78, 5) is 0. The third kappa shape index (κ3) is 102. The van der Waals surface area contributed by atoms with E-state index in [1.54, 1.807) is 0 Å². The Morgan fingerprint density at radius 2 is 1.00 bits per heavy atom. The molecular weight excluding hydrogens is 202 g/mol. The summed E-state index contributed by atoms with van der Waals surface area (Å²) in [6.45, 7) is 0. The zero-order valence-corrected chi connectivity index (χ0v) is 4.16. The van der Waals surface area contributed by atoms with Crippen LogP contribution in [0.3, 0.4) is 0 Å². The molecule has 0 spiro atoms. The van der Waals surface area contributed by atoms with Gasteiger partial charge in [0, 0.05) is 0 Å². The molecule has 0 heterocycles. The maximum absolute atomic E-state index is 8.74. The molecule has 0 unspecified atom stereocenters. The molecule has 4 nitrogen and oxygen atoms in total. The van der Waals surface area contributed by atoms with Crippen molar-refractivity contribution in [1.82, 2.24) is 0 Å². The fraction of sp³-hybridized carbons (Fsp3) is 0. The standard InChI is InChI=1S/ClH.Mg.2Na.H2O4S.4H/c;;;;1-5(2,3)4;;;;/h1H;;;;(H2,1,2,3,4);;;;. The van der Waals surface area contributed by atoms with Crippen molar-refractivity contribution >= 4 is 105 Å². The molecule has 0 amide bonds. The molecule has 9 heavy (non-hydrogen) atoms. The van der Waals surface area contributed by atoms with Gasteiger partial charge in [0.15, 0.2) is 0 Å². The molecule has 0 bridgehead atoms. The Hall–Kier alpha value is 2.93. The minimum atomic E-state index is -4.67. The van der Waals surface area contributed by atoms with E-state index < -0.39 is 10.4 Å². The minimum absolute atomic E-state index is 0. The van der Waals surface area contributed by atoms with Crippen molar-refractivity contribution in [3.05, 3.63) is 0 Å². The summed E-state index contributed by atoms with van der Waals surface area (Å²) in [5.74, 6) is 0. The molecule has 0 aromatic rings. The van der Waals surface area contributed by atoms with Crippen LogP contribution >= 0.6 is 12.4 Å². The third-order valence-corrected chi connectivity index (χ3v) is 0. The van der Waals surface area contributed by atoms with Crippen LogP contribution < -0.4 is 0 Å². The Morgan fingerprint density at radius 1 is 1.00 bits per heavy atom. The van der Waals surface area contributed by atoms with Gasteiger partial charge in [-0.05, 0) is 0 Å². The molecule has 0 fully saturated rings. The third-order valence-electron chi connectivity index (χ3n) is 0.